The SMILES string of the molecule is CCCCNC(=O)[C@H](Cc1ccccc1)N(Cc1ccc(Cl)c(Cl)c1)C(=O)CN(c1cc(Cl)ccc1OC)S(=O)(=O)c1ccc(OC)c(OC)c1. The number of benzene rings is 4. The van der Waals surface area contributed by atoms with Gasteiger partial charge in [0.05, 0.1) is 42.0 Å². The van der Waals surface area contributed by atoms with Gasteiger partial charge in [0.1, 0.15) is 18.3 Å². The van der Waals surface area contributed by atoms with Crippen LogP contribution in [0.15, 0.2) is 89.8 Å². The molecule has 0 heterocycles. The largest absolute Gasteiger partial charge is 0.495 e. The zero-order valence-electron chi connectivity index (χ0n) is 28.7. The smallest absolute Gasteiger partial charge is 0.265 e. The molecule has 0 aromatic heterocycles. The Hall–Kier alpha value is -4.16. The van der Waals surface area contributed by atoms with Crippen molar-refractivity contribution in [2.45, 2.75) is 43.7 Å². The molecule has 0 radical (unpaired) electrons. The van der Waals surface area contributed by atoms with E-state index in [9.17, 15) is 18.0 Å². The minimum absolute atomic E-state index is 0.00892. The van der Waals surface area contributed by atoms with E-state index < -0.39 is 34.4 Å². The summed E-state index contributed by atoms with van der Waals surface area (Å²) < 4.78 is 46.4. The molecule has 1 atom stereocenters. The second kappa shape index (κ2) is 18.4. The van der Waals surface area contributed by atoms with E-state index in [1.807, 2.05) is 37.3 Å². The van der Waals surface area contributed by atoms with Crippen LogP contribution < -0.4 is 23.8 Å². The van der Waals surface area contributed by atoms with Gasteiger partial charge in [-0.1, -0.05) is 84.5 Å². The van der Waals surface area contributed by atoms with Crippen LogP contribution in [-0.4, -0.2) is 65.6 Å². The van der Waals surface area contributed by atoms with Gasteiger partial charge in [-0.05, 0) is 60.0 Å². The van der Waals surface area contributed by atoms with E-state index in [4.69, 9.17) is 49.0 Å². The third-order valence-corrected chi connectivity index (χ3v) is 10.8. The average molecular weight is 777 g/mol. The number of nitrogens with one attached hydrogen (secondary N) is 1. The lowest BCUT2D eigenvalue weighted by molar-refractivity contribution is -0.140. The van der Waals surface area contributed by atoms with Crippen LogP contribution in [-0.2, 0) is 32.6 Å². The Balaban J connectivity index is 1.88. The van der Waals surface area contributed by atoms with Gasteiger partial charge in [0.2, 0.25) is 11.8 Å². The highest BCUT2D eigenvalue weighted by atomic mass is 35.5. The number of anilines is 1. The summed E-state index contributed by atoms with van der Waals surface area (Å²) in [5, 5.41) is 3.74. The van der Waals surface area contributed by atoms with Gasteiger partial charge in [-0.15, -0.1) is 0 Å². The fraction of sp³-hybridized carbons (Fsp3) is 0.297. The van der Waals surface area contributed by atoms with Crippen molar-refractivity contribution in [3.63, 3.8) is 0 Å². The topological polar surface area (TPSA) is 114 Å². The third-order valence-electron chi connectivity index (χ3n) is 8.07. The van der Waals surface area contributed by atoms with Crippen LogP contribution in [0.25, 0.3) is 0 Å². The second-order valence-corrected chi connectivity index (χ2v) is 14.6. The summed E-state index contributed by atoms with van der Waals surface area (Å²) in [6.07, 6.45) is 1.73. The van der Waals surface area contributed by atoms with Gasteiger partial charge < -0.3 is 24.4 Å². The van der Waals surface area contributed by atoms with Gasteiger partial charge in [0.15, 0.2) is 11.5 Å². The van der Waals surface area contributed by atoms with Gasteiger partial charge in [-0.3, -0.25) is 13.9 Å². The number of sulfonamides is 1. The predicted octanol–water partition coefficient (Wildman–Crippen LogP) is 7.42. The van der Waals surface area contributed by atoms with Crippen LogP contribution in [0.4, 0.5) is 5.69 Å². The molecule has 0 saturated heterocycles. The van der Waals surface area contributed by atoms with Crippen LogP contribution in [0.2, 0.25) is 15.1 Å². The van der Waals surface area contributed by atoms with Crippen LogP contribution in [0.5, 0.6) is 17.2 Å². The van der Waals surface area contributed by atoms with Gasteiger partial charge in [0, 0.05) is 30.6 Å². The molecule has 0 saturated carbocycles. The molecule has 0 aliphatic carbocycles. The first-order valence-electron chi connectivity index (χ1n) is 16.1. The van der Waals surface area contributed by atoms with Gasteiger partial charge in [0.25, 0.3) is 10.0 Å². The zero-order valence-corrected chi connectivity index (χ0v) is 31.8. The molecule has 0 spiro atoms. The number of carbonyl (C=O) groups is 2. The Morgan fingerprint density at radius 1 is 0.784 bits per heavy atom. The number of methoxy groups -OCH3 is 3. The summed E-state index contributed by atoms with van der Waals surface area (Å²) in [5.41, 5.74) is 1.38. The lowest BCUT2D eigenvalue weighted by atomic mass is 10.0. The molecule has 51 heavy (non-hydrogen) atoms. The fourth-order valence-corrected chi connectivity index (χ4v) is 7.29. The molecule has 0 aliphatic heterocycles. The van der Waals surface area contributed by atoms with E-state index in [1.54, 1.807) is 24.3 Å². The number of nitrogens with zero attached hydrogens (tertiary/aromatic N) is 2. The summed E-state index contributed by atoms with van der Waals surface area (Å²) in [5.74, 6) is -0.458. The second-order valence-electron chi connectivity index (χ2n) is 11.5. The number of carbonyl (C=O) groups excluding carboxylic acids is 2. The zero-order chi connectivity index (χ0) is 37.1. The van der Waals surface area contributed by atoms with Crippen LogP contribution >= 0.6 is 34.8 Å². The molecule has 2 amide bonds. The maximum Gasteiger partial charge on any atom is 0.265 e. The van der Waals surface area contributed by atoms with Crippen molar-refractivity contribution in [3.8, 4) is 17.2 Å². The quantitative estimate of drug-likeness (QED) is 0.111. The summed E-state index contributed by atoms with van der Waals surface area (Å²) in [4.78, 5) is 30.0. The Bertz CT molecular complexity index is 1930. The number of rotatable bonds is 17. The van der Waals surface area contributed by atoms with Crippen molar-refractivity contribution in [2.24, 2.45) is 0 Å². The molecule has 0 bridgehead atoms. The van der Waals surface area contributed by atoms with E-state index in [-0.39, 0.29) is 45.1 Å². The van der Waals surface area contributed by atoms with E-state index in [2.05, 4.69) is 5.32 Å². The normalized spacial score (nSPS) is 11.7. The first kappa shape index (κ1) is 39.6. The Morgan fingerprint density at radius 2 is 1.47 bits per heavy atom. The Labute approximate surface area is 314 Å². The van der Waals surface area contributed by atoms with Crippen LogP contribution in [0, 0.1) is 0 Å². The number of halogens is 3. The van der Waals surface area contributed by atoms with Gasteiger partial charge in [-0.25, -0.2) is 8.42 Å². The minimum Gasteiger partial charge on any atom is -0.495 e. The first-order valence-corrected chi connectivity index (χ1v) is 18.6. The molecule has 272 valence electrons. The Kier molecular flexibility index (Phi) is 14.3. The number of amides is 2. The van der Waals surface area contributed by atoms with Gasteiger partial charge in [-0.2, -0.15) is 0 Å². The molecular weight excluding hydrogens is 737 g/mol. The molecule has 1 N–H and O–H groups in total. The van der Waals surface area contributed by atoms with Crippen molar-refractivity contribution in [1.29, 1.82) is 0 Å². The molecule has 4 rings (SSSR count). The highest BCUT2D eigenvalue weighted by Gasteiger charge is 2.36. The molecule has 0 unspecified atom stereocenters. The molecule has 14 heteroatoms. The predicted molar refractivity (Wildman–Crippen MR) is 201 cm³/mol. The first-order chi connectivity index (χ1) is 24.4. The van der Waals surface area contributed by atoms with E-state index in [0.29, 0.717) is 22.9 Å². The standard InChI is InChI=1S/C37H40Cl3N3O7S/c1-5-6-18-41-37(45)32(20-25-10-8-7-9-11-25)42(23-26-12-15-29(39)30(40)19-26)36(44)24-43(31-21-27(38)13-16-33(31)48-2)51(46,47)28-14-17-34(49-3)35(22-28)50-4/h7-17,19,21-22,32H,5-6,18,20,23-24H2,1-4H3,(H,41,45)/t32-/m0/s1. The molecule has 4 aromatic carbocycles. The molecule has 0 fully saturated rings. The van der Waals surface area contributed by atoms with E-state index in [0.717, 1.165) is 22.7 Å². The van der Waals surface area contributed by atoms with Crippen molar-refractivity contribution >= 4 is 62.3 Å². The van der Waals surface area contributed by atoms with Crippen LogP contribution in [0.3, 0.4) is 0 Å². The minimum atomic E-state index is -4.52. The number of hydrogen-bond donors (Lipinski definition) is 1. The van der Waals surface area contributed by atoms with Gasteiger partial charge >= 0.3 is 0 Å². The van der Waals surface area contributed by atoms with Crippen molar-refractivity contribution in [3.05, 3.63) is 111 Å². The highest BCUT2D eigenvalue weighted by Crippen LogP contribution is 2.37. The summed E-state index contributed by atoms with van der Waals surface area (Å²) >= 11 is 19.0. The van der Waals surface area contributed by atoms with E-state index in [1.165, 1.54) is 56.6 Å². The number of hydrogen-bond acceptors (Lipinski definition) is 7. The van der Waals surface area contributed by atoms with Crippen LogP contribution in [0.1, 0.15) is 30.9 Å². The van der Waals surface area contributed by atoms with Crippen molar-refractivity contribution in [1.82, 2.24) is 10.2 Å². The molecule has 4 aromatic rings. The fourth-order valence-electron chi connectivity index (χ4n) is 5.37. The summed E-state index contributed by atoms with van der Waals surface area (Å²) in [7, 11) is -0.332. The number of ether oxygens (including phenoxy) is 3. The maximum atomic E-state index is 14.8. The summed E-state index contributed by atoms with van der Waals surface area (Å²) in [6, 6.07) is 21.7. The molecular formula is C37H40Cl3N3O7S. The van der Waals surface area contributed by atoms with Crippen molar-refractivity contribution in [2.75, 3.05) is 38.7 Å². The van der Waals surface area contributed by atoms with E-state index >= 15 is 0 Å². The number of unbranched alkanes of at least 4 members (excludes halogenated alkanes) is 1. The highest BCUT2D eigenvalue weighted by molar-refractivity contribution is 7.92. The molecule has 0 aliphatic rings. The monoisotopic (exact) mass is 775 g/mol. The third kappa shape index (κ3) is 10.0. The maximum absolute atomic E-state index is 14.8. The van der Waals surface area contributed by atoms with Crippen molar-refractivity contribution < 1.29 is 32.2 Å². The average Bonchev–Trinajstić information content (AvgIpc) is 3.13. The lowest BCUT2D eigenvalue weighted by Crippen LogP contribution is -2.53. The summed E-state index contributed by atoms with van der Waals surface area (Å²) in [6.45, 7) is 1.58. The molecule has 10 nitrogen and oxygen atoms in total. The Morgan fingerprint density at radius 3 is 2.12 bits per heavy atom. The lowest BCUT2D eigenvalue weighted by Gasteiger charge is -2.34.